The normalized spacial score (nSPS) is 17.3. The Balaban J connectivity index is 2.70. The number of carbonyl (C=O) groups excluding carboxylic acids is 1. The molecule has 0 spiro atoms. The van der Waals surface area contributed by atoms with Crippen LogP contribution in [-0.4, -0.2) is 41.4 Å². The van der Waals surface area contributed by atoms with E-state index in [-0.39, 0.29) is 11.3 Å². The minimum atomic E-state index is -1.09. The van der Waals surface area contributed by atoms with Gasteiger partial charge in [-0.15, -0.1) is 0 Å². The molecule has 1 rings (SSSR count). The summed E-state index contributed by atoms with van der Waals surface area (Å²) in [5, 5.41) is 20.1. The highest BCUT2D eigenvalue weighted by Crippen LogP contribution is 2.08. The number of aliphatic hydroxyl groups is 1. The van der Waals surface area contributed by atoms with Crippen LogP contribution in [0.4, 0.5) is 0 Å². The number of aliphatic hydroxyl groups excluding tert-OH is 1. The van der Waals surface area contributed by atoms with Gasteiger partial charge in [-0.3, -0.25) is 14.6 Å². The van der Waals surface area contributed by atoms with Crippen LogP contribution >= 0.6 is 0 Å². The highest BCUT2D eigenvalue weighted by atomic mass is 16.4. The summed E-state index contributed by atoms with van der Waals surface area (Å²) in [6, 6.07) is 0. The maximum absolute atomic E-state index is 11.1. The van der Waals surface area contributed by atoms with Gasteiger partial charge in [0, 0.05) is 19.2 Å². The number of aliphatic imine (C=N–C) groups is 1. The Kier molecular flexibility index (Phi) is 3.22. The maximum Gasteiger partial charge on any atom is 0.325 e. The first-order chi connectivity index (χ1) is 6.61. The first kappa shape index (κ1) is 10.2. The Morgan fingerprint density at radius 3 is 2.93 bits per heavy atom. The lowest BCUT2D eigenvalue weighted by Gasteiger charge is -2.13. The number of hydrogen-bond donors (Lipinski definition) is 3. The van der Waals surface area contributed by atoms with E-state index in [4.69, 9.17) is 5.11 Å². The number of carboxylic acids is 1. The molecule has 0 atom stereocenters. The van der Waals surface area contributed by atoms with Crippen molar-refractivity contribution in [1.29, 1.82) is 0 Å². The van der Waals surface area contributed by atoms with Crippen LogP contribution in [0.1, 0.15) is 6.42 Å². The van der Waals surface area contributed by atoms with Crippen LogP contribution in [0, 0.1) is 0 Å². The van der Waals surface area contributed by atoms with Crippen LogP contribution < -0.4 is 5.32 Å². The van der Waals surface area contributed by atoms with Crippen molar-refractivity contribution < 1.29 is 19.8 Å². The molecule has 3 N–H and O–H groups in total. The summed E-state index contributed by atoms with van der Waals surface area (Å²) < 4.78 is 0. The zero-order valence-electron chi connectivity index (χ0n) is 7.36. The molecule has 0 aliphatic carbocycles. The van der Waals surface area contributed by atoms with Gasteiger partial charge in [0.2, 0.25) is 0 Å². The molecule has 0 saturated heterocycles. The number of carboxylic acid groups (broad SMARTS) is 1. The fraction of sp³-hybridized carbons (Fsp3) is 0.375. The van der Waals surface area contributed by atoms with E-state index in [1.807, 2.05) is 0 Å². The van der Waals surface area contributed by atoms with E-state index in [0.29, 0.717) is 13.0 Å². The standard InChI is InChI=1S/C8H10N2O4/c11-6-1-2-10-8(14)5(6)3-9-4-7(12)13/h3,11H,1-2,4H2,(H,10,14)(H,12,13). The first-order valence-corrected chi connectivity index (χ1v) is 4.03. The SMILES string of the molecule is O=C(O)CN=CC1=C(O)CCNC1=O. The summed E-state index contributed by atoms with van der Waals surface area (Å²) in [6.45, 7) is -0.0228. The predicted octanol–water partition coefficient (Wildman–Crippen LogP) is -0.526. The third-order valence-corrected chi connectivity index (χ3v) is 1.65. The molecule has 1 aliphatic heterocycles. The molecule has 0 radical (unpaired) electrons. The molecule has 1 amide bonds. The lowest BCUT2D eigenvalue weighted by Crippen LogP contribution is -2.32. The lowest BCUT2D eigenvalue weighted by molar-refractivity contribution is -0.135. The Bertz CT molecular complexity index is 319. The highest BCUT2D eigenvalue weighted by Gasteiger charge is 2.17. The van der Waals surface area contributed by atoms with Crippen molar-refractivity contribution >= 4 is 18.1 Å². The number of nitrogens with one attached hydrogen (secondary N) is 1. The second-order valence-corrected chi connectivity index (χ2v) is 2.73. The third-order valence-electron chi connectivity index (χ3n) is 1.65. The largest absolute Gasteiger partial charge is 0.511 e. The van der Waals surface area contributed by atoms with Gasteiger partial charge in [0.15, 0.2) is 0 Å². The van der Waals surface area contributed by atoms with Crippen LogP contribution in [0.15, 0.2) is 16.3 Å². The van der Waals surface area contributed by atoms with Gasteiger partial charge in [0.25, 0.3) is 5.91 Å². The van der Waals surface area contributed by atoms with Crippen molar-refractivity contribution in [3.8, 4) is 0 Å². The quantitative estimate of drug-likeness (QED) is 0.531. The predicted molar refractivity (Wildman–Crippen MR) is 48.3 cm³/mol. The van der Waals surface area contributed by atoms with Crippen molar-refractivity contribution in [2.45, 2.75) is 6.42 Å². The minimum absolute atomic E-state index is 0.0394. The molecule has 6 heteroatoms. The zero-order valence-corrected chi connectivity index (χ0v) is 7.36. The van der Waals surface area contributed by atoms with Gasteiger partial charge < -0.3 is 15.5 Å². The minimum Gasteiger partial charge on any atom is -0.511 e. The average Bonchev–Trinajstić information content (AvgIpc) is 2.09. The van der Waals surface area contributed by atoms with Crippen molar-refractivity contribution in [2.24, 2.45) is 4.99 Å². The molecular weight excluding hydrogens is 188 g/mol. The molecule has 0 aromatic heterocycles. The Morgan fingerprint density at radius 2 is 2.36 bits per heavy atom. The lowest BCUT2D eigenvalue weighted by atomic mass is 10.1. The van der Waals surface area contributed by atoms with Gasteiger partial charge in [-0.05, 0) is 0 Å². The van der Waals surface area contributed by atoms with E-state index in [9.17, 15) is 14.7 Å². The monoisotopic (exact) mass is 198 g/mol. The molecule has 76 valence electrons. The van der Waals surface area contributed by atoms with E-state index in [0.717, 1.165) is 6.21 Å². The van der Waals surface area contributed by atoms with Gasteiger partial charge in [0.1, 0.15) is 12.3 Å². The molecular formula is C8H10N2O4. The summed E-state index contributed by atoms with van der Waals surface area (Å²) in [6.07, 6.45) is 1.43. The van der Waals surface area contributed by atoms with E-state index in [1.54, 1.807) is 0 Å². The molecule has 1 heterocycles. The number of carbonyl (C=O) groups is 2. The molecule has 1 aliphatic rings. The second kappa shape index (κ2) is 4.40. The molecule has 0 aromatic carbocycles. The van der Waals surface area contributed by atoms with Crippen molar-refractivity contribution in [2.75, 3.05) is 13.1 Å². The Labute approximate surface area is 80.0 Å². The summed E-state index contributed by atoms with van der Waals surface area (Å²) in [7, 11) is 0. The summed E-state index contributed by atoms with van der Waals surface area (Å²) in [5.74, 6) is -1.57. The zero-order chi connectivity index (χ0) is 10.6. The fourth-order valence-electron chi connectivity index (χ4n) is 1.00. The smallest absolute Gasteiger partial charge is 0.325 e. The summed E-state index contributed by atoms with van der Waals surface area (Å²) >= 11 is 0. The molecule has 0 unspecified atom stereocenters. The first-order valence-electron chi connectivity index (χ1n) is 4.03. The van der Waals surface area contributed by atoms with Crippen LogP contribution in [0.3, 0.4) is 0 Å². The molecule has 14 heavy (non-hydrogen) atoms. The van der Waals surface area contributed by atoms with Crippen molar-refractivity contribution in [3.63, 3.8) is 0 Å². The van der Waals surface area contributed by atoms with E-state index in [2.05, 4.69) is 10.3 Å². The van der Waals surface area contributed by atoms with Gasteiger partial charge in [-0.2, -0.15) is 0 Å². The van der Waals surface area contributed by atoms with E-state index < -0.39 is 18.4 Å². The van der Waals surface area contributed by atoms with Crippen LogP contribution in [0.2, 0.25) is 0 Å². The molecule has 0 aromatic rings. The number of hydrogen-bond acceptors (Lipinski definition) is 4. The number of rotatable bonds is 3. The topological polar surface area (TPSA) is 99.0 Å². The van der Waals surface area contributed by atoms with E-state index >= 15 is 0 Å². The summed E-state index contributed by atoms with van der Waals surface area (Å²) in [5.41, 5.74) is 0.0394. The number of amides is 1. The third kappa shape index (κ3) is 2.58. The van der Waals surface area contributed by atoms with Crippen LogP contribution in [-0.2, 0) is 9.59 Å². The van der Waals surface area contributed by atoms with Crippen molar-refractivity contribution in [1.82, 2.24) is 5.32 Å². The van der Waals surface area contributed by atoms with Gasteiger partial charge in [0.05, 0.1) is 5.57 Å². The molecule has 0 bridgehead atoms. The summed E-state index contributed by atoms with van der Waals surface area (Å²) in [4.78, 5) is 24.7. The fourth-order valence-corrected chi connectivity index (χ4v) is 1.00. The van der Waals surface area contributed by atoms with Gasteiger partial charge in [-0.25, -0.2) is 0 Å². The molecule has 6 nitrogen and oxygen atoms in total. The number of nitrogens with zero attached hydrogens (tertiary/aromatic N) is 1. The van der Waals surface area contributed by atoms with Gasteiger partial charge in [-0.1, -0.05) is 0 Å². The van der Waals surface area contributed by atoms with Crippen molar-refractivity contribution in [3.05, 3.63) is 11.3 Å². The maximum atomic E-state index is 11.1. The van der Waals surface area contributed by atoms with Crippen LogP contribution in [0.25, 0.3) is 0 Å². The Morgan fingerprint density at radius 1 is 1.64 bits per heavy atom. The van der Waals surface area contributed by atoms with E-state index in [1.165, 1.54) is 0 Å². The van der Waals surface area contributed by atoms with Gasteiger partial charge >= 0.3 is 5.97 Å². The molecule has 0 fully saturated rings. The molecule has 0 saturated carbocycles. The van der Waals surface area contributed by atoms with Crippen LogP contribution in [0.5, 0.6) is 0 Å². The highest BCUT2D eigenvalue weighted by molar-refractivity contribution is 6.13. The average molecular weight is 198 g/mol. The number of aliphatic carboxylic acids is 1. The Hall–Kier alpha value is -1.85. The second-order valence-electron chi connectivity index (χ2n) is 2.73.